The topological polar surface area (TPSA) is 52.3 Å². The number of hydrogen-bond acceptors (Lipinski definition) is 2. The van der Waals surface area contributed by atoms with E-state index >= 15 is 0 Å². The van der Waals surface area contributed by atoms with Crippen LogP contribution < -0.4 is 5.73 Å². The zero-order chi connectivity index (χ0) is 9.61. The largest absolute Gasteiger partial charge is 0.449 e. The van der Waals surface area contributed by atoms with Crippen LogP contribution in [-0.2, 0) is 4.74 Å². The maximum Gasteiger partial charge on any atom is 0.404 e. The summed E-state index contributed by atoms with van der Waals surface area (Å²) in [4.78, 5) is 10.3. The monoisotopic (exact) mass is 193 g/mol. The Bertz CT molecular complexity index is 152. The van der Waals surface area contributed by atoms with Crippen molar-refractivity contribution >= 4 is 17.7 Å². The SMILES string of the molecule is CCCC(C)(CCl)COC(N)=O. The molecule has 0 fully saturated rings. The number of rotatable bonds is 5. The maximum absolute atomic E-state index is 10.3. The van der Waals surface area contributed by atoms with Gasteiger partial charge in [0.05, 0.1) is 6.61 Å². The molecule has 1 unspecified atom stereocenters. The van der Waals surface area contributed by atoms with E-state index < -0.39 is 6.09 Å². The van der Waals surface area contributed by atoms with Crippen LogP contribution in [0.5, 0.6) is 0 Å². The molecule has 72 valence electrons. The predicted molar refractivity (Wildman–Crippen MR) is 49.3 cm³/mol. The van der Waals surface area contributed by atoms with Crippen molar-refractivity contribution < 1.29 is 9.53 Å². The van der Waals surface area contributed by atoms with E-state index in [0.29, 0.717) is 12.5 Å². The molecule has 1 amide bonds. The van der Waals surface area contributed by atoms with Gasteiger partial charge in [-0.3, -0.25) is 0 Å². The van der Waals surface area contributed by atoms with Gasteiger partial charge in [-0.25, -0.2) is 4.79 Å². The van der Waals surface area contributed by atoms with Gasteiger partial charge in [0.25, 0.3) is 0 Å². The lowest BCUT2D eigenvalue weighted by atomic mass is 9.89. The van der Waals surface area contributed by atoms with Gasteiger partial charge in [-0.2, -0.15) is 0 Å². The number of ether oxygens (including phenoxy) is 1. The van der Waals surface area contributed by atoms with E-state index in [4.69, 9.17) is 22.1 Å². The van der Waals surface area contributed by atoms with Crippen molar-refractivity contribution in [2.75, 3.05) is 12.5 Å². The second-order valence-corrected chi connectivity index (χ2v) is 3.57. The minimum Gasteiger partial charge on any atom is -0.449 e. The second kappa shape index (κ2) is 5.25. The Morgan fingerprint density at radius 3 is 2.58 bits per heavy atom. The van der Waals surface area contributed by atoms with E-state index in [9.17, 15) is 4.79 Å². The first-order chi connectivity index (χ1) is 5.54. The molecule has 0 saturated carbocycles. The van der Waals surface area contributed by atoms with Gasteiger partial charge in [0.1, 0.15) is 0 Å². The summed E-state index contributed by atoms with van der Waals surface area (Å²) >= 11 is 5.74. The number of alkyl halides is 1. The van der Waals surface area contributed by atoms with Crippen molar-refractivity contribution in [1.82, 2.24) is 0 Å². The highest BCUT2D eigenvalue weighted by Crippen LogP contribution is 2.25. The summed E-state index contributed by atoms with van der Waals surface area (Å²) in [5, 5.41) is 0. The molecule has 0 aromatic carbocycles. The standard InChI is InChI=1S/C8H16ClNO2/c1-3-4-8(2,5-9)6-12-7(10)11/h3-6H2,1-2H3,(H2,10,11). The van der Waals surface area contributed by atoms with E-state index in [2.05, 4.69) is 6.92 Å². The number of carbonyl (C=O) groups is 1. The lowest BCUT2D eigenvalue weighted by molar-refractivity contribution is 0.103. The summed E-state index contributed by atoms with van der Waals surface area (Å²) in [5.74, 6) is 0.480. The Balaban J connectivity index is 3.86. The van der Waals surface area contributed by atoms with Crippen molar-refractivity contribution in [3.8, 4) is 0 Å². The fourth-order valence-electron chi connectivity index (χ4n) is 1.03. The maximum atomic E-state index is 10.3. The molecule has 0 aromatic heterocycles. The molecule has 0 aliphatic rings. The first kappa shape index (κ1) is 11.6. The summed E-state index contributed by atoms with van der Waals surface area (Å²) in [6.45, 7) is 4.35. The molecule has 12 heavy (non-hydrogen) atoms. The van der Waals surface area contributed by atoms with Gasteiger partial charge in [0.2, 0.25) is 0 Å². The number of primary amides is 1. The Labute approximate surface area is 78.2 Å². The van der Waals surface area contributed by atoms with Gasteiger partial charge in [0.15, 0.2) is 0 Å². The van der Waals surface area contributed by atoms with Crippen LogP contribution in [-0.4, -0.2) is 18.6 Å². The first-order valence-corrected chi connectivity index (χ1v) is 4.56. The molecule has 0 spiro atoms. The summed E-state index contributed by atoms with van der Waals surface area (Å²) in [6.07, 6.45) is 1.22. The van der Waals surface area contributed by atoms with Gasteiger partial charge in [-0.1, -0.05) is 20.3 Å². The number of hydrogen-bond donors (Lipinski definition) is 1. The molecular formula is C8H16ClNO2. The van der Waals surface area contributed by atoms with Crippen molar-refractivity contribution in [3.63, 3.8) is 0 Å². The molecule has 0 heterocycles. The normalized spacial score (nSPS) is 15.2. The van der Waals surface area contributed by atoms with Gasteiger partial charge < -0.3 is 10.5 Å². The third-order valence-electron chi connectivity index (χ3n) is 1.74. The van der Waals surface area contributed by atoms with Crippen LogP contribution in [0.4, 0.5) is 4.79 Å². The summed E-state index contributed by atoms with van der Waals surface area (Å²) < 4.78 is 4.70. The highest BCUT2D eigenvalue weighted by molar-refractivity contribution is 6.18. The quantitative estimate of drug-likeness (QED) is 0.681. The molecular weight excluding hydrogens is 178 g/mol. The summed E-state index contributed by atoms with van der Waals surface area (Å²) in [7, 11) is 0. The van der Waals surface area contributed by atoms with Crippen molar-refractivity contribution in [2.24, 2.45) is 11.1 Å². The Morgan fingerprint density at radius 2 is 2.25 bits per heavy atom. The van der Waals surface area contributed by atoms with Crippen LogP contribution in [0.15, 0.2) is 0 Å². The lowest BCUT2D eigenvalue weighted by Gasteiger charge is -2.25. The molecule has 2 N–H and O–H groups in total. The molecule has 0 saturated heterocycles. The molecule has 1 atom stereocenters. The predicted octanol–water partition coefficient (Wildman–Crippen LogP) is 2.13. The average molecular weight is 194 g/mol. The Morgan fingerprint density at radius 1 is 1.67 bits per heavy atom. The van der Waals surface area contributed by atoms with E-state index in [1.54, 1.807) is 0 Å². The van der Waals surface area contributed by atoms with Gasteiger partial charge in [-0.15, -0.1) is 11.6 Å². The van der Waals surface area contributed by atoms with E-state index in [1.165, 1.54) is 0 Å². The van der Waals surface area contributed by atoms with Crippen LogP contribution >= 0.6 is 11.6 Å². The molecule has 0 rings (SSSR count). The van der Waals surface area contributed by atoms with E-state index in [1.807, 2.05) is 6.92 Å². The van der Waals surface area contributed by atoms with E-state index in [0.717, 1.165) is 12.8 Å². The van der Waals surface area contributed by atoms with E-state index in [-0.39, 0.29) is 5.41 Å². The smallest absolute Gasteiger partial charge is 0.404 e. The second-order valence-electron chi connectivity index (χ2n) is 3.30. The molecule has 3 nitrogen and oxygen atoms in total. The highest BCUT2D eigenvalue weighted by atomic mass is 35.5. The molecule has 0 aliphatic carbocycles. The van der Waals surface area contributed by atoms with Gasteiger partial charge in [0, 0.05) is 11.3 Å². The van der Waals surface area contributed by atoms with Crippen molar-refractivity contribution in [2.45, 2.75) is 26.7 Å². The molecule has 0 aromatic rings. The third-order valence-corrected chi connectivity index (χ3v) is 2.38. The minimum atomic E-state index is -0.734. The average Bonchev–Trinajstić information content (AvgIpc) is 2.02. The zero-order valence-corrected chi connectivity index (χ0v) is 8.36. The molecule has 4 heteroatoms. The number of amides is 1. The van der Waals surface area contributed by atoms with Crippen molar-refractivity contribution in [1.29, 1.82) is 0 Å². The van der Waals surface area contributed by atoms with Crippen LogP contribution in [0.1, 0.15) is 26.7 Å². The van der Waals surface area contributed by atoms with Crippen LogP contribution in [0, 0.1) is 5.41 Å². The molecule has 0 bridgehead atoms. The van der Waals surface area contributed by atoms with Gasteiger partial charge >= 0.3 is 6.09 Å². The molecule has 0 aliphatic heterocycles. The number of halogens is 1. The van der Waals surface area contributed by atoms with Crippen molar-refractivity contribution in [3.05, 3.63) is 0 Å². The summed E-state index contributed by atoms with van der Waals surface area (Å²) in [5.41, 5.74) is 4.71. The zero-order valence-electron chi connectivity index (χ0n) is 7.60. The first-order valence-electron chi connectivity index (χ1n) is 4.02. The van der Waals surface area contributed by atoms with Gasteiger partial charge in [-0.05, 0) is 6.42 Å². The summed E-state index contributed by atoms with van der Waals surface area (Å²) in [6, 6.07) is 0. The highest BCUT2D eigenvalue weighted by Gasteiger charge is 2.23. The van der Waals surface area contributed by atoms with Crippen LogP contribution in [0.3, 0.4) is 0 Å². The van der Waals surface area contributed by atoms with Crippen LogP contribution in [0.25, 0.3) is 0 Å². The Kier molecular flexibility index (Phi) is 5.06. The van der Waals surface area contributed by atoms with Crippen LogP contribution in [0.2, 0.25) is 0 Å². The third kappa shape index (κ3) is 4.44. The Hall–Kier alpha value is -0.440. The fourth-order valence-corrected chi connectivity index (χ4v) is 1.24. The fraction of sp³-hybridized carbons (Fsp3) is 0.875. The lowest BCUT2D eigenvalue weighted by Crippen LogP contribution is -2.28. The number of nitrogens with two attached hydrogens (primary N) is 1. The molecule has 0 radical (unpaired) electrons. The minimum absolute atomic E-state index is 0.134. The number of carbonyl (C=O) groups excluding carboxylic acids is 1.